The number of nitrogens with two attached hydrogens (primary N) is 1. The second-order valence-electron chi connectivity index (χ2n) is 6.35. The van der Waals surface area contributed by atoms with Gasteiger partial charge in [0.25, 0.3) is 0 Å². The molecule has 0 radical (unpaired) electrons. The summed E-state index contributed by atoms with van der Waals surface area (Å²) in [7, 11) is 4.14. The van der Waals surface area contributed by atoms with Crippen LogP contribution in [0.5, 0.6) is 0 Å². The van der Waals surface area contributed by atoms with Crippen LogP contribution in [-0.4, -0.2) is 75.8 Å². The van der Waals surface area contributed by atoms with E-state index in [9.17, 15) is 0 Å². The molecule has 1 heterocycles. The van der Waals surface area contributed by atoms with Gasteiger partial charge in [0.1, 0.15) is 0 Å². The summed E-state index contributed by atoms with van der Waals surface area (Å²) in [4.78, 5) is 9.11. The first-order valence-electron chi connectivity index (χ1n) is 8.72. The topological polar surface area (TPSA) is 66.1 Å². The Bertz CT molecular complexity index is 491. The van der Waals surface area contributed by atoms with Gasteiger partial charge in [-0.25, -0.2) is 0 Å². The lowest BCUT2D eigenvalue weighted by atomic mass is 10.1. The third kappa shape index (κ3) is 8.35. The summed E-state index contributed by atoms with van der Waals surface area (Å²) in [6, 6.07) is 10.6. The number of benzene rings is 1. The van der Waals surface area contributed by atoms with Crippen LogP contribution < -0.4 is 11.1 Å². The summed E-state index contributed by atoms with van der Waals surface area (Å²) in [5.74, 6) is 0.528. The largest absolute Gasteiger partial charge is 0.379 e. The van der Waals surface area contributed by atoms with Gasteiger partial charge in [0.05, 0.1) is 25.8 Å². The molecule has 142 valence electrons. The number of rotatable bonds is 8. The molecule has 1 fully saturated rings. The van der Waals surface area contributed by atoms with Gasteiger partial charge >= 0.3 is 0 Å². The summed E-state index contributed by atoms with van der Waals surface area (Å²) in [6.45, 7) is 6.35. The van der Waals surface area contributed by atoms with E-state index in [1.54, 1.807) is 0 Å². The van der Waals surface area contributed by atoms with Gasteiger partial charge in [-0.15, -0.1) is 24.0 Å². The van der Waals surface area contributed by atoms with Crippen molar-refractivity contribution in [1.82, 2.24) is 15.1 Å². The van der Waals surface area contributed by atoms with E-state index in [0.717, 1.165) is 45.8 Å². The summed E-state index contributed by atoms with van der Waals surface area (Å²) in [5.41, 5.74) is 7.26. The van der Waals surface area contributed by atoms with Crippen LogP contribution in [-0.2, 0) is 4.74 Å². The van der Waals surface area contributed by atoms with Crippen LogP contribution in [0.15, 0.2) is 35.3 Å². The number of guanidine groups is 1. The van der Waals surface area contributed by atoms with E-state index in [2.05, 4.69) is 58.5 Å². The van der Waals surface area contributed by atoms with E-state index in [-0.39, 0.29) is 30.0 Å². The third-order valence-corrected chi connectivity index (χ3v) is 4.30. The molecule has 1 aromatic rings. The molecule has 0 aromatic heterocycles. The van der Waals surface area contributed by atoms with Crippen LogP contribution in [0.4, 0.5) is 0 Å². The highest BCUT2D eigenvalue weighted by atomic mass is 127. The third-order valence-electron chi connectivity index (χ3n) is 4.30. The molecule has 7 heteroatoms. The van der Waals surface area contributed by atoms with Crippen molar-refractivity contribution in [3.63, 3.8) is 0 Å². The Morgan fingerprint density at radius 1 is 1.28 bits per heavy atom. The van der Waals surface area contributed by atoms with Crippen LogP contribution >= 0.6 is 24.0 Å². The molecule has 0 saturated carbocycles. The molecule has 0 aliphatic carbocycles. The predicted molar refractivity (Wildman–Crippen MR) is 115 cm³/mol. The summed E-state index contributed by atoms with van der Waals surface area (Å²) in [6.07, 6.45) is 1.06. The maximum atomic E-state index is 6.01. The highest BCUT2D eigenvalue weighted by Gasteiger charge is 2.13. The number of nitrogens with one attached hydrogen (secondary N) is 1. The highest BCUT2D eigenvalue weighted by Crippen LogP contribution is 2.17. The average molecular weight is 461 g/mol. The molecular weight excluding hydrogens is 429 g/mol. The lowest BCUT2D eigenvalue weighted by molar-refractivity contribution is 0.0376. The van der Waals surface area contributed by atoms with E-state index in [4.69, 9.17) is 10.5 Å². The first-order valence-corrected chi connectivity index (χ1v) is 8.72. The molecule has 1 atom stereocenters. The average Bonchev–Trinajstić information content (AvgIpc) is 2.60. The van der Waals surface area contributed by atoms with Gasteiger partial charge in [0.2, 0.25) is 0 Å². The number of hydrogen-bond acceptors (Lipinski definition) is 4. The van der Waals surface area contributed by atoms with Crippen LogP contribution in [0, 0.1) is 0 Å². The standard InChI is InChI=1S/C18H31N5O.HI/c1-22(2)17(16-7-4-3-5-8-16)15-21-18(19)20-9-6-10-23-11-13-24-14-12-23;/h3-5,7-8,17H,6,9-15H2,1-2H3,(H3,19,20,21);1H. The van der Waals surface area contributed by atoms with E-state index >= 15 is 0 Å². The maximum Gasteiger partial charge on any atom is 0.188 e. The lowest BCUT2D eigenvalue weighted by Gasteiger charge is -2.26. The molecule has 0 bridgehead atoms. The van der Waals surface area contributed by atoms with Gasteiger partial charge in [0.15, 0.2) is 5.96 Å². The molecule has 1 saturated heterocycles. The van der Waals surface area contributed by atoms with Gasteiger partial charge in [-0.2, -0.15) is 0 Å². The number of ether oxygens (including phenoxy) is 1. The van der Waals surface area contributed by atoms with Gasteiger partial charge in [0, 0.05) is 19.6 Å². The number of nitrogens with zero attached hydrogens (tertiary/aromatic N) is 3. The van der Waals surface area contributed by atoms with Gasteiger partial charge in [-0.1, -0.05) is 30.3 Å². The smallest absolute Gasteiger partial charge is 0.188 e. The number of aliphatic imine (C=N–C) groups is 1. The van der Waals surface area contributed by atoms with Gasteiger partial charge < -0.3 is 20.7 Å². The summed E-state index contributed by atoms with van der Waals surface area (Å²) >= 11 is 0. The summed E-state index contributed by atoms with van der Waals surface area (Å²) in [5, 5.41) is 3.22. The van der Waals surface area contributed by atoms with Crippen molar-refractivity contribution < 1.29 is 4.74 Å². The van der Waals surface area contributed by atoms with Gasteiger partial charge in [-0.05, 0) is 32.6 Å². The zero-order chi connectivity index (χ0) is 17.2. The van der Waals surface area contributed by atoms with Gasteiger partial charge in [-0.3, -0.25) is 9.89 Å². The minimum Gasteiger partial charge on any atom is -0.379 e. The number of halogens is 1. The minimum absolute atomic E-state index is 0. The number of likely N-dealkylation sites (N-methyl/N-ethyl adjacent to an activating group) is 1. The van der Waals surface area contributed by atoms with Crippen LogP contribution in [0.25, 0.3) is 0 Å². The Hall–Kier alpha value is -0.900. The fourth-order valence-electron chi connectivity index (χ4n) is 2.83. The highest BCUT2D eigenvalue weighted by molar-refractivity contribution is 14.0. The first-order chi connectivity index (χ1) is 11.7. The summed E-state index contributed by atoms with van der Waals surface area (Å²) < 4.78 is 5.35. The van der Waals surface area contributed by atoms with Crippen molar-refractivity contribution in [2.24, 2.45) is 10.7 Å². The minimum atomic E-state index is 0. The molecule has 25 heavy (non-hydrogen) atoms. The van der Waals surface area contributed by atoms with Crippen molar-refractivity contribution in [1.29, 1.82) is 0 Å². The normalized spacial score (nSPS) is 17.2. The molecule has 1 aromatic carbocycles. The van der Waals surface area contributed by atoms with E-state index in [0.29, 0.717) is 12.5 Å². The Morgan fingerprint density at radius 3 is 2.60 bits per heavy atom. The molecule has 3 N–H and O–H groups in total. The molecule has 0 spiro atoms. The zero-order valence-electron chi connectivity index (χ0n) is 15.4. The van der Waals surface area contributed by atoms with Crippen LogP contribution in [0.3, 0.4) is 0 Å². The predicted octanol–water partition coefficient (Wildman–Crippen LogP) is 1.53. The van der Waals surface area contributed by atoms with Crippen molar-refractivity contribution in [2.75, 3.05) is 60.0 Å². The second kappa shape index (κ2) is 12.5. The lowest BCUT2D eigenvalue weighted by Crippen LogP contribution is -2.39. The maximum absolute atomic E-state index is 6.01. The zero-order valence-corrected chi connectivity index (χ0v) is 17.7. The SMILES string of the molecule is CN(C)C(CN=C(N)NCCCN1CCOCC1)c1ccccc1.I. The number of hydrogen-bond donors (Lipinski definition) is 2. The molecule has 1 aliphatic heterocycles. The van der Waals surface area contributed by atoms with Crippen molar-refractivity contribution in [3.05, 3.63) is 35.9 Å². The fourth-order valence-corrected chi connectivity index (χ4v) is 2.83. The molecule has 1 aliphatic rings. The fraction of sp³-hybridized carbons (Fsp3) is 0.611. The Kier molecular flexibility index (Phi) is 11.0. The molecule has 0 amide bonds. The Balaban J connectivity index is 0.00000312. The second-order valence-corrected chi connectivity index (χ2v) is 6.35. The van der Waals surface area contributed by atoms with Crippen molar-refractivity contribution >= 4 is 29.9 Å². The Labute approximate surface area is 168 Å². The van der Waals surface area contributed by atoms with Crippen LogP contribution in [0.2, 0.25) is 0 Å². The number of morpholine rings is 1. The molecule has 2 rings (SSSR count). The monoisotopic (exact) mass is 461 g/mol. The molecule has 6 nitrogen and oxygen atoms in total. The molecule has 1 unspecified atom stereocenters. The quantitative estimate of drug-likeness (QED) is 0.266. The Morgan fingerprint density at radius 2 is 1.96 bits per heavy atom. The van der Waals surface area contributed by atoms with Crippen molar-refractivity contribution in [2.45, 2.75) is 12.5 Å². The molecular formula is C18H32IN5O. The first kappa shape index (κ1) is 22.1. The van der Waals surface area contributed by atoms with Crippen LogP contribution in [0.1, 0.15) is 18.0 Å². The van der Waals surface area contributed by atoms with E-state index in [1.807, 2.05) is 6.07 Å². The van der Waals surface area contributed by atoms with Crippen molar-refractivity contribution in [3.8, 4) is 0 Å². The van der Waals surface area contributed by atoms with E-state index in [1.165, 1.54) is 5.56 Å². The van der Waals surface area contributed by atoms with E-state index < -0.39 is 0 Å².